The largest absolute Gasteiger partial charge is 0.332 e. The number of fused-ring (bicyclic) bond motifs is 1. The maximum absolute atomic E-state index is 13.6. The van der Waals surface area contributed by atoms with E-state index < -0.39 is 0 Å². The first kappa shape index (κ1) is 21.4. The van der Waals surface area contributed by atoms with Crippen molar-refractivity contribution >= 4 is 33.9 Å². The first-order chi connectivity index (χ1) is 16.2. The number of carbonyl (C=O) groups is 2. The Morgan fingerprint density at radius 3 is 2.33 bits per heavy atom. The Bertz CT molecular complexity index is 1240. The Morgan fingerprint density at radius 1 is 0.818 bits per heavy atom. The second kappa shape index (κ2) is 9.59. The Balaban J connectivity index is 1.39. The minimum absolute atomic E-state index is 0.0206. The number of hydrogen-bond donors (Lipinski definition) is 0. The highest BCUT2D eigenvalue weighted by atomic mass is 32.1. The fraction of sp³-hybridized carbons (Fsp3) is 0.214. The fourth-order valence-electron chi connectivity index (χ4n) is 4.19. The van der Waals surface area contributed by atoms with Crippen molar-refractivity contribution in [1.29, 1.82) is 0 Å². The van der Waals surface area contributed by atoms with Crippen molar-refractivity contribution in [2.45, 2.75) is 32.0 Å². The molecule has 1 aromatic heterocycles. The molecule has 0 radical (unpaired) electrons. The lowest BCUT2D eigenvalue weighted by Gasteiger charge is -2.28. The number of thiophene rings is 1. The second-order valence-corrected chi connectivity index (χ2v) is 9.54. The van der Waals surface area contributed by atoms with E-state index in [0.717, 1.165) is 34.1 Å². The van der Waals surface area contributed by atoms with Crippen LogP contribution in [0.25, 0.3) is 10.8 Å². The summed E-state index contributed by atoms with van der Waals surface area (Å²) in [7, 11) is 0. The van der Waals surface area contributed by atoms with Crippen LogP contribution in [-0.4, -0.2) is 34.2 Å². The Labute approximate surface area is 198 Å². The molecule has 1 saturated carbocycles. The molecule has 5 rings (SSSR count). The van der Waals surface area contributed by atoms with Crippen molar-refractivity contribution in [2.75, 3.05) is 6.54 Å². The molecule has 3 aromatic carbocycles. The van der Waals surface area contributed by atoms with Crippen molar-refractivity contribution in [2.24, 2.45) is 0 Å². The summed E-state index contributed by atoms with van der Waals surface area (Å²) in [6, 6.07) is 28.0. The van der Waals surface area contributed by atoms with Gasteiger partial charge < -0.3 is 9.80 Å². The summed E-state index contributed by atoms with van der Waals surface area (Å²) in [5.41, 5.74) is 1.75. The van der Waals surface area contributed by atoms with Crippen LogP contribution < -0.4 is 0 Å². The van der Waals surface area contributed by atoms with Crippen LogP contribution >= 0.6 is 11.3 Å². The number of hydrogen-bond acceptors (Lipinski definition) is 3. The number of benzene rings is 3. The molecule has 1 aliphatic carbocycles. The Hall–Kier alpha value is -3.44. The van der Waals surface area contributed by atoms with E-state index in [1.807, 2.05) is 89.1 Å². The van der Waals surface area contributed by atoms with Gasteiger partial charge >= 0.3 is 0 Å². The first-order valence-electron chi connectivity index (χ1n) is 11.3. The first-order valence-corrected chi connectivity index (χ1v) is 12.2. The maximum atomic E-state index is 13.6. The average molecular weight is 455 g/mol. The predicted molar refractivity (Wildman–Crippen MR) is 133 cm³/mol. The Morgan fingerprint density at radius 2 is 1.58 bits per heavy atom. The minimum atomic E-state index is -0.0570. The van der Waals surface area contributed by atoms with Crippen LogP contribution in [0.3, 0.4) is 0 Å². The van der Waals surface area contributed by atoms with E-state index in [1.54, 1.807) is 16.2 Å². The van der Waals surface area contributed by atoms with Gasteiger partial charge in [-0.05, 0) is 46.7 Å². The monoisotopic (exact) mass is 454 g/mol. The smallest absolute Gasteiger partial charge is 0.255 e. The van der Waals surface area contributed by atoms with Gasteiger partial charge in [-0.25, -0.2) is 0 Å². The van der Waals surface area contributed by atoms with Gasteiger partial charge in [-0.15, -0.1) is 11.3 Å². The molecule has 2 amide bonds. The number of carbonyl (C=O) groups excluding carboxylic acids is 2. The molecular formula is C28H26N2O2S. The summed E-state index contributed by atoms with van der Waals surface area (Å²) < 4.78 is 0. The molecule has 5 heteroatoms. The summed E-state index contributed by atoms with van der Waals surface area (Å²) in [6.07, 6.45) is 1.90. The quantitative estimate of drug-likeness (QED) is 0.341. The molecule has 1 heterocycles. The SMILES string of the molecule is O=C(CN(C(=O)c1cccc2ccccc12)C1CC1)N(Cc1ccccc1)Cc1cccs1. The fourth-order valence-corrected chi connectivity index (χ4v) is 4.91. The summed E-state index contributed by atoms with van der Waals surface area (Å²) in [6.45, 7) is 1.18. The van der Waals surface area contributed by atoms with E-state index in [2.05, 4.69) is 6.07 Å². The molecule has 33 heavy (non-hydrogen) atoms. The molecule has 1 fully saturated rings. The van der Waals surface area contributed by atoms with Crippen LogP contribution in [0.2, 0.25) is 0 Å². The normalized spacial score (nSPS) is 13.1. The van der Waals surface area contributed by atoms with Crippen molar-refractivity contribution in [1.82, 2.24) is 9.80 Å². The van der Waals surface area contributed by atoms with Crippen LogP contribution in [-0.2, 0) is 17.9 Å². The van der Waals surface area contributed by atoms with E-state index in [9.17, 15) is 9.59 Å². The molecule has 4 nitrogen and oxygen atoms in total. The van der Waals surface area contributed by atoms with E-state index >= 15 is 0 Å². The molecule has 0 aliphatic heterocycles. The van der Waals surface area contributed by atoms with Gasteiger partial charge in [-0.2, -0.15) is 0 Å². The molecule has 0 bridgehead atoms. The van der Waals surface area contributed by atoms with Gasteiger partial charge in [0.2, 0.25) is 5.91 Å². The van der Waals surface area contributed by atoms with Crippen LogP contribution in [0.1, 0.15) is 33.6 Å². The summed E-state index contributed by atoms with van der Waals surface area (Å²) in [5, 5.41) is 4.00. The molecule has 1 aliphatic rings. The standard InChI is InChI=1S/C28H26N2O2S/c31-27(29(19-24-12-7-17-33-24)18-21-8-2-1-3-9-21)20-30(23-15-16-23)28(32)26-14-6-11-22-10-4-5-13-25(22)26/h1-14,17,23H,15-16,18-20H2. The van der Waals surface area contributed by atoms with Gasteiger partial charge in [-0.1, -0.05) is 72.8 Å². The summed E-state index contributed by atoms with van der Waals surface area (Å²) in [4.78, 5) is 32.0. The molecular weight excluding hydrogens is 428 g/mol. The van der Waals surface area contributed by atoms with Gasteiger partial charge in [0, 0.05) is 23.0 Å². The zero-order valence-corrected chi connectivity index (χ0v) is 19.2. The van der Waals surface area contributed by atoms with Crippen molar-refractivity contribution in [3.05, 3.63) is 106 Å². The topological polar surface area (TPSA) is 40.6 Å². The molecule has 4 aromatic rings. The molecule has 0 N–H and O–H groups in total. The molecule has 0 atom stereocenters. The van der Waals surface area contributed by atoms with Gasteiger partial charge in [0.05, 0.1) is 6.54 Å². The lowest BCUT2D eigenvalue weighted by molar-refractivity contribution is -0.133. The highest BCUT2D eigenvalue weighted by molar-refractivity contribution is 7.09. The van der Waals surface area contributed by atoms with Crippen LogP contribution in [0.5, 0.6) is 0 Å². The van der Waals surface area contributed by atoms with Crippen molar-refractivity contribution in [3.8, 4) is 0 Å². The van der Waals surface area contributed by atoms with Gasteiger partial charge in [0.1, 0.15) is 6.54 Å². The van der Waals surface area contributed by atoms with E-state index in [0.29, 0.717) is 18.7 Å². The van der Waals surface area contributed by atoms with Crippen molar-refractivity contribution in [3.63, 3.8) is 0 Å². The van der Waals surface area contributed by atoms with Gasteiger partial charge in [0.15, 0.2) is 0 Å². The molecule has 0 spiro atoms. The van der Waals surface area contributed by atoms with Gasteiger partial charge in [0.25, 0.3) is 5.91 Å². The number of amides is 2. The molecule has 0 unspecified atom stereocenters. The summed E-state index contributed by atoms with van der Waals surface area (Å²) >= 11 is 1.65. The van der Waals surface area contributed by atoms with E-state index in [-0.39, 0.29) is 24.4 Å². The zero-order valence-electron chi connectivity index (χ0n) is 18.4. The molecule has 166 valence electrons. The maximum Gasteiger partial charge on any atom is 0.255 e. The highest BCUT2D eigenvalue weighted by Crippen LogP contribution is 2.30. The lowest BCUT2D eigenvalue weighted by Crippen LogP contribution is -2.43. The Kier molecular flexibility index (Phi) is 6.22. The van der Waals surface area contributed by atoms with E-state index in [4.69, 9.17) is 0 Å². The zero-order chi connectivity index (χ0) is 22.6. The minimum Gasteiger partial charge on any atom is -0.332 e. The third-order valence-corrected chi connectivity index (χ3v) is 6.93. The van der Waals surface area contributed by atoms with Gasteiger partial charge in [-0.3, -0.25) is 9.59 Å². The van der Waals surface area contributed by atoms with Crippen LogP contribution in [0.4, 0.5) is 0 Å². The summed E-state index contributed by atoms with van der Waals surface area (Å²) in [5.74, 6) is -0.0776. The molecule has 0 saturated heterocycles. The highest BCUT2D eigenvalue weighted by Gasteiger charge is 2.35. The average Bonchev–Trinajstić information content (AvgIpc) is 3.57. The number of nitrogens with zero attached hydrogens (tertiary/aromatic N) is 2. The lowest BCUT2D eigenvalue weighted by atomic mass is 10.0. The van der Waals surface area contributed by atoms with E-state index in [1.165, 1.54) is 0 Å². The third kappa shape index (κ3) is 4.99. The van der Waals surface area contributed by atoms with Crippen molar-refractivity contribution < 1.29 is 9.59 Å². The van der Waals surface area contributed by atoms with Crippen LogP contribution in [0, 0.1) is 0 Å². The second-order valence-electron chi connectivity index (χ2n) is 8.51. The number of rotatable bonds is 8. The van der Waals surface area contributed by atoms with Crippen LogP contribution in [0.15, 0.2) is 90.3 Å². The predicted octanol–water partition coefficient (Wildman–Crippen LogP) is 5.73. The third-order valence-electron chi connectivity index (χ3n) is 6.07.